The molecule has 3 rings (SSSR count). The molecule has 5 heteroatoms. The minimum absolute atomic E-state index is 0.144. The lowest BCUT2D eigenvalue weighted by molar-refractivity contribution is 0.0495. The predicted molar refractivity (Wildman–Crippen MR) is 139 cm³/mol. The van der Waals surface area contributed by atoms with E-state index in [2.05, 4.69) is 77.2 Å². The first-order valence-corrected chi connectivity index (χ1v) is 14.6. The highest BCUT2D eigenvalue weighted by atomic mass is 28.4. The summed E-state index contributed by atoms with van der Waals surface area (Å²) in [5.74, 6) is 1.45. The lowest BCUT2D eigenvalue weighted by atomic mass is 9.97. The summed E-state index contributed by atoms with van der Waals surface area (Å²) >= 11 is 0. The van der Waals surface area contributed by atoms with Crippen LogP contribution in [0.25, 0.3) is 10.8 Å². The standard InChI is InChI=1S/C28H38O4Si/c1-8-22-15-12-16-24-23(19-32-33(6,7)28(2,3)4)17-25(27(26(22)24)31-20-29-5)30-18-21-13-10-9-11-14-21/h9-17H,8,18-20H2,1-7H3. The molecule has 178 valence electrons. The molecule has 0 aliphatic heterocycles. The van der Waals surface area contributed by atoms with Crippen molar-refractivity contribution in [1.82, 2.24) is 0 Å². The summed E-state index contributed by atoms with van der Waals surface area (Å²) in [5, 5.41) is 2.37. The third-order valence-electron chi connectivity index (χ3n) is 6.59. The number of aryl methyl sites for hydroxylation is 1. The second-order valence-corrected chi connectivity index (χ2v) is 14.7. The molecule has 0 aromatic heterocycles. The van der Waals surface area contributed by atoms with Crippen LogP contribution < -0.4 is 9.47 Å². The fourth-order valence-electron chi connectivity index (χ4n) is 3.55. The van der Waals surface area contributed by atoms with Crippen molar-refractivity contribution in [3.63, 3.8) is 0 Å². The molecule has 0 aliphatic carbocycles. The van der Waals surface area contributed by atoms with E-state index in [9.17, 15) is 0 Å². The van der Waals surface area contributed by atoms with Crippen molar-refractivity contribution in [3.05, 3.63) is 71.3 Å². The van der Waals surface area contributed by atoms with E-state index < -0.39 is 8.32 Å². The summed E-state index contributed by atoms with van der Waals surface area (Å²) in [5.41, 5.74) is 3.45. The predicted octanol–water partition coefficient (Wildman–Crippen LogP) is 7.49. The Labute approximate surface area is 200 Å². The van der Waals surface area contributed by atoms with Gasteiger partial charge in [-0.3, -0.25) is 0 Å². The molecular formula is C28H38O4Si. The normalized spacial score (nSPS) is 12.2. The Bertz CT molecular complexity index is 1050. The van der Waals surface area contributed by atoms with Crippen LogP contribution in [0.3, 0.4) is 0 Å². The summed E-state index contributed by atoms with van der Waals surface area (Å²) in [7, 11) is -0.278. The average Bonchev–Trinajstić information content (AvgIpc) is 2.79. The van der Waals surface area contributed by atoms with Crippen molar-refractivity contribution in [2.75, 3.05) is 13.9 Å². The number of rotatable bonds is 10. The SMILES string of the molecule is CCc1cccc2c(CO[Si](C)(C)C(C)(C)C)cc(OCc3ccccc3)c(OCOC)c12. The Morgan fingerprint density at radius 3 is 2.21 bits per heavy atom. The van der Waals surface area contributed by atoms with Gasteiger partial charge in [-0.05, 0) is 52.7 Å². The number of benzene rings is 3. The van der Waals surface area contributed by atoms with Gasteiger partial charge in [0.25, 0.3) is 0 Å². The van der Waals surface area contributed by atoms with E-state index in [1.54, 1.807) is 7.11 Å². The van der Waals surface area contributed by atoms with Crippen molar-refractivity contribution in [2.24, 2.45) is 0 Å². The maximum absolute atomic E-state index is 6.62. The largest absolute Gasteiger partial charge is 0.485 e. The zero-order chi connectivity index (χ0) is 24.1. The van der Waals surface area contributed by atoms with Gasteiger partial charge in [0.2, 0.25) is 0 Å². The van der Waals surface area contributed by atoms with Crippen molar-refractivity contribution < 1.29 is 18.6 Å². The number of fused-ring (bicyclic) bond motifs is 1. The van der Waals surface area contributed by atoms with Crippen LogP contribution in [0.1, 0.15) is 44.4 Å². The van der Waals surface area contributed by atoms with Crippen molar-refractivity contribution in [1.29, 1.82) is 0 Å². The van der Waals surface area contributed by atoms with Crippen LogP contribution in [0.15, 0.2) is 54.6 Å². The second kappa shape index (κ2) is 10.7. The molecule has 0 spiro atoms. The van der Waals surface area contributed by atoms with Crippen molar-refractivity contribution in [2.45, 2.75) is 65.5 Å². The van der Waals surface area contributed by atoms with E-state index in [4.69, 9.17) is 18.6 Å². The van der Waals surface area contributed by atoms with Gasteiger partial charge in [-0.2, -0.15) is 0 Å². The van der Waals surface area contributed by atoms with E-state index in [0.29, 0.717) is 13.2 Å². The number of hydrogen-bond acceptors (Lipinski definition) is 4. The molecule has 0 saturated heterocycles. The van der Waals surface area contributed by atoms with E-state index >= 15 is 0 Å². The highest BCUT2D eigenvalue weighted by Gasteiger charge is 2.37. The minimum atomic E-state index is -1.91. The highest BCUT2D eigenvalue weighted by molar-refractivity contribution is 6.74. The Kier molecular flexibility index (Phi) is 8.22. The molecule has 3 aromatic rings. The zero-order valence-corrected chi connectivity index (χ0v) is 22.2. The molecule has 0 saturated carbocycles. The molecule has 0 unspecified atom stereocenters. The van der Waals surface area contributed by atoms with Crippen LogP contribution in [-0.4, -0.2) is 22.2 Å². The van der Waals surface area contributed by atoms with Gasteiger partial charge in [0, 0.05) is 12.5 Å². The van der Waals surface area contributed by atoms with Gasteiger partial charge in [-0.25, -0.2) is 0 Å². The summed E-state index contributed by atoms with van der Waals surface area (Å²) < 4.78 is 24.3. The van der Waals surface area contributed by atoms with Crippen LogP contribution in [-0.2, 0) is 28.8 Å². The Morgan fingerprint density at radius 2 is 1.58 bits per heavy atom. The highest BCUT2D eigenvalue weighted by Crippen LogP contribution is 2.42. The molecule has 4 nitrogen and oxygen atoms in total. The molecular weight excluding hydrogens is 428 g/mol. The minimum Gasteiger partial charge on any atom is -0.485 e. The van der Waals surface area contributed by atoms with Crippen LogP contribution in [0.4, 0.5) is 0 Å². The van der Waals surface area contributed by atoms with Gasteiger partial charge in [0.15, 0.2) is 26.6 Å². The molecule has 0 radical (unpaired) electrons. The first kappa shape index (κ1) is 25.3. The van der Waals surface area contributed by atoms with E-state index in [-0.39, 0.29) is 11.8 Å². The summed E-state index contributed by atoms with van der Waals surface area (Å²) in [6.07, 6.45) is 0.894. The second-order valence-electron chi connectivity index (χ2n) is 9.93. The van der Waals surface area contributed by atoms with E-state index in [1.807, 2.05) is 18.2 Å². The van der Waals surface area contributed by atoms with Gasteiger partial charge in [0.05, 0.1) is 6.61 Å². The molecule has 0 aliphatic rings. The van der Waals surface area contributed by atoms with Crippen LogP contribution >= 0.6 is 0 Å². The maximum atomic E-state index is 6.62. The van der Waals surface area contributed by atoms with Crippen LogP contribution in [0.5, 0.6) is 11.5 Å². The summed E-state index contributed by atoms with van der Waals surface area (Å²) in [4.78, 5) is 0. The molecule has 0 atom stereocenters. The first-order chi connectivity index (χ1) is 15.7. The molecule has 0 fully saturated rings. The Hall–Kier alpha value is -2.34. The molecule has 0 heterocycles. The fraction of sp³-hybridized carbons (Fsp3) is 0.429. The van der Waals surface area contributed by atoms with Crippen molar-refractivity contribution in [3.8, 4) is 11.5 Å². The maximum Gasteiger partial charge on any atom is 0.192 e. The fourth-order valence-corrected chi connectivity index (χ4v) is 4.50. The monoisotopic (exact) mass is 466 g/mol. The Morgan fingerprint density at radius 1 is 0.848 bits per heavy atom. The molecule has 0 bridgehead atoms. The zero-order valence-electron chi connectivity index (χ0n) is 21.2. The number of hydrogen-bond donors (Lipinski definition) is 0. The van der Waals surface area contributed by atoms with Gasteiger partial charge < -0.3 is 18.6 Å². The molecule has 33 heavy (non-hydrogen) atoms. The Balaban J connectivity index is 2.09. The molecule has 0 amide bonds. The van der Waals surface area contributed by atoms with E-state index in [1.165, 1.54) is 5.56 Å². The molecule has 0 N–H and O–H groups in total. The average molecular weight is 467 g/mol. The number of ether oxygens (including phenoxy) is 3. The van der Waals surface area contributed by atoms with Gasteiger partial charge >= 0.3 is 0 Å². The summed E-state index contributed by atoms with van der Waals surface area (Å²) in [6.45, 7) is 14.7. The quantitative estimate of drug-likeness (QED) is 0.229. The van der Waals surface area contributed by atoms with Gasteiger partial charge in [-0.15, -0.1) is 0 Å². The van der Waals surface area contributed by atoms with E-state index in [0.717, 1.165) is 39.8 Å². The number of methoxy groups -OCH3 is 1. The third-order valence-corrected chi connectivity index (χ3v) is 11.1. The van der Waals surface area contributed by atoms with Crippen LogP contribution in [0, 0.1) is 0 Å². The summed E-state index contributed by atoms with van der Waals surface area (Å²) in [6, 6.07) is 18.7. The van der Waals surface area contributed by atoms with Crippen LogP contribution in [0.2, 0.25) is 18.1 Å². The lowest BCUT2D eigenvalue weighted by Gasteiger charge is -2.36. The topological polar surface area (TPSA) is 36.9 Å². The lowest BCUT2D eigenvalue weighted by Crippen LogP contribution is -2.40. The smallest absolute Gasteiger partial charge is 0.192 e. The van der Waals surface area contributed by atoms with Gasteiger partial charge in [0.1, 0.15) is 6.61 Å². The van der Waals surface area contributed by atoms with Gasteiger partial charge in [-0.1, -0.05) is 76.2 Å². The molecule has 3 aromatic carbocycles. The van der Waals surface area contributed by atoms with Crippen molar-refractivity contribution >= 4 is 19.1 Å². The first-order valence-electron chi connectivity index (χ1n) is 11.7. The third kappa shape index (κ3) is 5.97.